The summed E-state index contributed by atoms with van der Waals surface area (Å²) in [7, 11) is 2.21. The monoisotopic (exact) mass is 305 g/mol. The maximum atomic E-state index is 9.31. The van der Waals surface area contributed by atoms with Crippen molar-refractivity contribution in [2.45, 2.75) is 31.8 Å². The van der Waals surface area contributed by atoms with Crippen molar-refractivity contribution in [3.8, 4) is 0 Å². The van der Waals surface area contributed by atoms with E-state index in [1.54, 1.807) is 0 Å². The third-order valence-corrected chi connectivity index (χ3v) is 5.41. The molecule has 0 radical (unpaired) electrons. The second-order valence-electron chi connectivity index (χ2n) is 5.93. The summed E-state index contributed by atoms with van der Waals surface area (Å²) in [6.45, 7) is 4.09. The summed E-state index contributed by atoms with van der Waals surface area (Å²) >= 11 is 3.68. The molecule has 3 nitrogen and oxygen atoms in total. The van der Waals surface area contributed by atoms with Crippen molar-refractivity contribution >= 4 is 15.9 Å². The van der Waals surface area contributed by atoms with Crippen LogP contribution in [0.25, 0.3) is 0 Å². The zero-order chi connectivity index (χ0) is 12.3. The fourth-order valence-electron chi connectivity index (χ4n) is 3.07. The van der Waals surface area contributed by atoms with E-state index in [1.807, 2.05) is 0 Å². The van der Waals surface area contributed by atoms with E-state index in [-0.39, 0.29) is 6.10 Å². The molecule has 1 aliphatic heterocycles. The molecular formula is C13H24BrNO2. The molecule has 4 heteroatoms. The summed E-state index contributed by atoms with van der Waals surface area (Å²) in [5.41, 5.74) is 0.398. The average Bonchev–Trinajstić information content (AvgIpc) is 2.28. The van der Waals surface area contributed by atoms with Crippen LogP contribution in [0.1, 0.15) is 25.7 Å². The highest BCUT2D eigenvalue weighted by molar-refractivity contribution is 9.09. The molecule has 1 aliphatic carbocycles. The molecule has 0 aromatic heterocycles. The predicted molar refractivity (Wildman–Crippen MR) is 72.5 cm³/mol. The van der Waals surface area contributed by atoms with Crippen LogP contribution in [-0.2, 0) is 4.74 Å². The largest absolute Gasteiger partial charge is 0.393 e. The van der Waals surface area contributed by atoms with E-state index < -0.39 is 0 Å². The third kappa shape index (κ3) is 3.66. The Morgan fingerprint density at radius 1 is 1.35 bits per heavy atom. The highest BCUT2D eigenvalue weighted by atomic mass is 79.9. The first-order valence-corrected chi connectivity index (χ1v) is 7.76. The standard InChI is InChI=1S/C13H24BrNO2/c1-15(8-11-6-12(16)7-11)10-13(9-14)2-4-17-5-3-13/h11-12,16H,2-10H2,1H3. The van der Waals surface area contributed by atoms with Gasteiger partial charge in [-0.1, -0.05) is 15.9 Å². The zero-order valence-corrected chi connectivity index (χ0v) is 12.3. The molecule has 0 bridgehead atoms. The van der Waals surface area contributed by atoms with Crippen molar-refractivity contribution in [1.29, 1.82) is 0 Å². The number of alkyl halides is 1. The molecule has 2 fully saturated rings. The van der Waals surface area contributed by atoms with Crippen LogP contribution in [0, 0.1) is 11.3 Å². The molecular weight excluding hydrogens is 282 g/mol. The van der Waals surface area contributed by atoms with Crippen LogP contribution in [0.5, 0.6) is 0 Å². The van der Waals surface area contributed by atoms with Crippen molar-refractivity contribution < 1.29 is 9.84 Å². The Labute approximate surface area is 113 Å². The molecule has 1 heterocycles. The van der Waals surface area contributed by atoms with E-state index in [1.165, 1.54) is 0 Å². The first-order chi connectivity index (χ1) is 8.13. The van der Waals surface area contributed by atoms with Crippen LogP contribution in [0.3, 0.4) is 0 Å². The van der Waals surface area contributed by atoms with Crippen LogP contribution in [0.15, 0.2) is 0 Å². The minimum absolute atomic E-state index is 0.0263. The summed E-state index contributed by atoms with van der Waals surface area (Å²) in [5.74, 6) is 0.710. The van der Waals surface area contributed by atoms with Crippen LogP contribution in [0.4, 0.5) is 0 Å². The molecule has 1 saturated heterocycles. The SMILES string of the molecule is CN(CC1CC(O)C1)CC1(CBr)CCOCC1. The van der Waals surface area contributed by atoms with Crippen molar-refractivity contribution in [3.05, 3.63) is 0 Å². The summed E-state index contributed by atoms with van der Waals surface area (Å²) < 4.78 is 5.46. The third-order valence-electron chi connectivity index (χ3n) is 4.22. The topological polar surface area (TPSA) is 32.7 Å². The van der Waals surface area contributed by atoms with Crippen molar-refractivity contribution in [2.75, 3.05) is 38.7 Å². The summed E-state index contributed by atoms with van der Waals surface area (Å²) in [5, 5.41) is 10.4. The molecule has 0 unspecified atom stereocenters. The molecule has 2 rings (SSSR count). The summed E-state index contributed by atoms with van der Waals surface area (Å²) in [6.07, 6.45) is 4.29. The quantitative estimate of drug-likeness (QED) is 0.787. The van der Waals surface area contributed by atoms with Crippen LogP contribution in [-0.4, -0.2) is 54.8 Å². The Hall–Kier alpha value is 0.360. The van der Waals surface area contributed by atoms with Gasteiger partial charge in [-0.25, -0.2) is 0 Å². The van der Waals surface area contributed by atoms with Gasteiger partial charge >= 0.3 is 0 Å². The summed E-state index contributed by atoms with van der Waals surface area (Å²) in [6, 6.07) is 0. The number of aliphatic hydroxyl groups is 1. The van der Waals surface area contributed by atoms with E-state index in [0.717, 1.165) is 57.3 Å². The number of hydrogen-bond acceptors (Lipinski definition) is 3. The minimum atomic E-state index is -0.0263. The number of aliphatic hydroxyl groups excluding tert-OH is 1. The van der Waals surface area contributed by atoms with Gasteiger partial charge in [0.1, 0.15) is 0 Å². The van der Waals surface area contributed by atoms with Crippen LogP contribution < -0.4 is 0 Å². The molecule has 2 aliphatic rings. The van der Waals surface area contributed by atoms with Gasteiger partial charge in [-0.3, -0.25) is 0 Å². The molecule has 17 heavy (non-hydrogen) atoms. The maximum Gasteiger partial charge on any atom is 0.0546 e. The number of ether oxygens (including phenoxy) is 1. The van der Waals surface area contributed by atoms with Crippen LogP contribution in [0.2, 0.25) is 0 Å². The first kappa shape index (κ1) is 13.8. The minimum Gasteiger partial charge on any atom is -0.393 e. The van der Waals surface area contributed by atoms with Gasteiger partial charge in [0.05, 0.1) is 6.10 Å². The van der Waals surface area contributed by atoms with Gasteiger partial charge in [0.2, 0.25) is 0 Å². The molecule has 0 atom stereocenters. The van der Waals surface area contributed by atoms with Crippen LogP contribution >= 0.6 is 15.9 Å². The van der Waals surface area contributed by atoms with Gasteiger partial charge in [-0.2, -0.15) is 0 Å². The molecule has 100 valence electrons. The molecule has 1 N–H and O–H groups in total. The maximum absolute atomic E-state index is 9.31. The van der Waals surface area contributed by atoms with E-state index >= 15 is 0 Å². The second-order valence-corrected chi connectivity index (χ2v) is 6.49. The Morgan fingerprint density at radius 2 is 2.00 bits per heavy atom. The lowest BCUT2D eigenvalue weighted by Crippen LogP contribution is -2.44. The van der Waals surface area contributed by atoms with Gasteiger partial charge < -0.3 is 14.7 Å². The molecule has 0 aromatic rings. The Kier molecular flexibility index (Phi) is 4.87. The molecule has 0 aromatic carbocycles. The fraction of sp³-hybridized carbons (Fsp3) is 1.00. The highest BCUT2D eigenvalue weighted by Crippen LogP contribution is 2.34. The number of halogens is 1. The van der Waals surface area contributed by atoms with Gasteiger partial charge in [0.25, 0.3) is 0 Å². The van der Waals surface area contributed by atoms with E-state index in [0.29, 0.717) is 11.3 Å². The first-order valence-electron chi connectivity index (χ1n) is 6.64. The highest BCUT2D eigenvalue weighted by Gasteiger charge is 2.34. The van der Waals surface area contributed by atoms with E-state index in [9.17, 15) is 5.11 Å². The number of hydrogen-bond donors (Lipinski definition) is 1. The lowest BCUT2D eigenvalue weighted by molar-refractivity contribution is -0.00442. The van der Waals surface area contributed by atoms with Gasteiger partial charge in [0.15, 0.2) is 0 Å². The lowest BCUT2D eigenvalue weighted by atomic mass is 9.80. The Morgan fingerprint density at radius 3 is 2.53 bits per heavy atom. The second kappa shape index (κ2) is 6.00. The predicted octanol–water partition coefficient (Wildman–Crippen LogP) is 1.88. The lowest BCUT2D eigenvalue weighted by Gasteiger charge is -2.41. The van der Waals surface area contributed by atoms with E-state index in [4.69, 9.17) is 4.74 Å². The Bertz CT molecular complexity index is 238. The zero-order valence-electron chi connectivity index (χ0n) is 10.7. The van der Waals surface area contributed by atoms with Gasteiger partial charge in [-0.15, -0.1) is 0 Å². The molecule has 0 spiro atoms. The van der Waals surface area contributed by atoms with Gasteiger partial charge in [0, 0.05) is 31.6 Å². The summed E-state index contributed by atoms with van der Waals surface area (Å²) in [4.78, 5) is 2.45. The number of nitrogens with zero attached hydrogens (tertiary/aromatic N) is 1. The van der Waals surface area contributed by atoms with E-state index in [2.05, 4.69) is 27.9 Å². The molecule has 1 saturated carbocycles. The average molecular weight is 306 g/mol. The van der Waals surface area contributed by atoms with Crippen molar-refractivity contribution in [2.24, 2.45) is 11.3 Å². The number of rotatable bonds is 5. The van der Waals surface area contributed by atoms with Crippen molar-refractivity contribution in [1.82, 2.24) is 4.90 Å². The fourth-order valence-corrected chi connectivity index (χ4v) is 3.80. The Balaban J connectivity index is 1.77. The normalized spacial score (nSPS) is 32.5. The smallest absolute Gasteiger partial charge is 0.0546 e. The molecule has 0 amide bonds. The van der Waals surface area contributed by atoms with Gasteiger partial charge in [-0.05, 0) is 44.1 Å². The van der Waals surface area contributed by atoms with Crippen molar-refractivity contribution in [3.63, 3.8) is 0 Å².